The average molecular weight is 472 g/mol. The smallest absolute Gasteiger partial charge is 0.262 e. The fraction of sp³-hybridized carbons (Fsp3) is 0.238. The van der Waals surface area contributed by atoms with Gasteiger partial charge >= 0.3 is 0 Å². The zero-order valence-electron chi connectivity index (χ0n) is 17.0. The van der Waals surface area contributed by atoms with Gasteiger partial charge in [0.2, 0.25) is 18.5 Å². The number of aryl methyl sites for hydroxylation is 1. The maximum absolute atomic E-state index is 13.0. The summed E-state index contributed by atoms with van der Waals surface area (Å²) in [4.78, 5) is 25.5. The SMILES string of the molecule is CCCn1c(=O)c2ccc(Cl)cc2n2c(SCC(=O)Nc3ccc4c(c3)OCO4)nnc12. The van der Waals surface area contributed by atoms with Gasteiger partial charge in [-0.2, -0.15) is 0 Å². The molecule has 0 spiro atoms. The Kier molecular flexibility index (Phi) is 5.40. The molecule has 0 radical (unpaired) electrons. The van der Waals surface area contributed by atoms with Crippen molar-refractivity contribution in [3.8, 4) is 11.5 Å². The third-order valence-electron chi connectivity index (χ3n) is 4.97. The minimum atomic E-state index is -0.213. The second-order valence-corrected chi connectivity index (χ2v) is 8.52. The number of benzene rings is 2. The molecule has 3 heterocycles. The summed E-state index contributed by atoms with van der Waals surface area (Å²) in [6.45, 7) is 2.67. The molecule has 164 valence electrons. The molecule has 32 heavy (non-hydrogen) atoms. The lowest BCUT2D eigenvalue weighted by atomic mass is 10.2. The lowest BCUT2D eigenvalue weighted by molar-refractivity contribution is -0.113. The summed E-state index contributed by atoms with van der Waals surface area (Å²) in [5.74, 6) is 1.55. The first-order chi connectivity index (χ1) is 15.5. The number of hydrogen-bond acceptors (Lipinski definition) is 7. The molecular weight excluding hydrogens is 454 g/mol. The van der Waals surface area contributed by atoms with Crippen LogP contribution in [0.3, 0.4) is 0 Å². The fourth-order valence-electron chi connectivity index (χ4n) is 3.57. The van der Waals surface area contributed by atoms with Gasteiger partial charge in [0.05, 0.1) is 16.7 Å². The van der Waals surface area contributed by atoms with Crippen molar-refractivity contribution in [2.45, 2.75) is 25.0 Å². The van der Waals surface area contributed by atoms with Gasteiger partial charge in [0, 0.05) is 23.3 Å². The van der Waals surface area contributed by atoms with Crippen molar-refractivity contribution >= 4 is 51.6 Å². The van der Waals surface area contributed by atoms with Crippen molar-refractivity contribution in [1.82, 2.24) is 19.2 Å². The number of nitrogens with zero attached hydrogens (tertiary/aromatic N) is 4. The van der Waals surface area contributed by atoms with Crippen LogP contribution < -0.4 is 20.3 Å². The molecule has 0 saturated carbocycles. The molecule has 1 amide bonds. The van der Waals surface area contributed by atoms with Crippen molar-refractivity contribution in [2.24, 2.45) is 0 Å². The van der Waals surface area contributed by atoms with E-state index in [-0.39, 0.29) is 24.0 Å². The van der Waals surface area contributed by atoms with Crippen molar-refractivity contribution < 1.29 is 14.3 Å². The summed E-state index contributed by atoms with van der Waals surface area (Å²) in [6, 6.07) is 10.3. The van der Waals surface area contributed by atoms with E-state index in [0.717, 1.165) is 6.42 Å². The summed E-state index contributed by atoms with van der Waals surface area (Å²) in [6.07, 6.45) is 0.766. The lowest BCUT2D eigenvalue weighted by Gasteiger charge is -2.11. The summed E-state index contributed by atoms with van der Waals surface area (Å²) in [5.41, 5.74) is 1.07. The van der Waals surface area contributed by atoms with Gasteiger partial charge in [-0.3, -0.25) is 18.6 Å². The third kappa shape index (κ3) is 3.65. The van der Waals surface area contributed by atoms with Gasteiger partial charge in [-0.05, 0) is 36.8 Å². The van der Waals surface area contributed by atoms with E-state index in [9.17, 15) is 9.59 Å². The van der Waals surface area contributed by atoms with Crippen molar-refractivity contribution in [3.63, 3.8) is 0 Å². The normalized spacial score (nSPS) is 12.6. The van der Waals surface area contributed by atoms with E-state index in [2.05, 4.69) is 15.5 Å². The second-order valence-electron chi connectivity index (χ2n) is 7.14. The number of fused-ring (bicyclic) bond motifs is 4. The van der Waals surface area contributed by atoms with E-state index in [1.54, 1.807) is 45.4 Å². The first-order valence-corrected chi connectivity index (χ1v) is 11.3. The Morgan fingerprint density at radius 1 is 1.19 bits per heavy atom. The molecule has 2 aromatic carbocycles. The number of nitrogens with one attached hydrogen (secondary N) is 1. The van der Waals surface area contributed by atoms with Crippen LogP contribution in [0.2, 0.25) is 5.02 Å². The predicted molar refractivity (Wildman–Crippen MR) is 122 cm³/mol. The molecule has 9 nitrogen and oxygen atoms in total. The number of rotatable bonds is 6. The molecule has 0 unspecified atom stereocenters. The Labute approximate surface area is 191 Å². The summed E-state index contributed by atoms with van der Waals surface area (Å²) < 4.78 is 14.0. The van der Waals surface area contributed by atoms with E-state index < -0.39 is 0 Å². The molecule has 0 atom stereocenters. The number of amides is 1. The Hall–Kier alpha value is -3.24. The molecule has 0 saturated heterocycles. The Bertz CT molecular complexity index is 1420. The molecule has 0 bridgehead atoms. The molecule has 0 aliphatic carbocycles. The van der Waals surface area contributed by atoms with Gasteiger partial charge < -0.3 is 14.8 Å². The van der Waals surface area contributed by atoms with Crippen LogP contribution >= 0.6 is 23.4 Å². The average Bonchev–Trinajstić information content (AvgIpc) is 3.42. The van der Waals surface area contributed by atoms with Gasteiger partial charge in [0.15, 0.2) is 16.7 Å². The molecule has 11 heteroatoms. The van der Waals surface area contributed by atoms with E-state index in [1.807, 2.05) is 6.92 Å². The molecule has 5 rings (SSSR count). The highest BCUT2D eigenvalue weighted by Gasteiger charge is 2.18. The van der Waals surface area contributed by atoms with E-state index >= 15 is 0 Å². The fourth-order valence-corrected chi connectivity index (χ4v) is 4.48. The molecule has 1 aliphatic heterocycles. The monoisotopic (exact) mass is 471 g/mol. The first-order valence-electron chi connectivity index (χ1n) is 9.94. The maximum atomic E-state index is 13.0. The van der Waals surface area contributed by atoms with Crippen LogP contribution in [0.25, 0.3) is 16.7 Å². The highest BCUT2D eigenvalue weighted by molar-refractivity contribution is 7.99. The molecule has 0 fully saturated rings. The van der Waals surface area contributed by atoms with Crippen LogP contribution in [0, 0.1) is 0 Å². The van der Waals surface area contributed by atoms with Crippen LogP contribution in [-0.4, -0.2) is 37.6 Å². The Morgan fingerprint density at radius 2 is 2.03 bits per heavy atom. The van der Waals surface area contributed by atoms with Crippen LogP contribution in [0.5, 0.6) is 11.5 Å². The Balaban J connectivity index is 1.44. The largest absolute Gasteiger partial charge is 0.454 e. The minimum absolute atomic E-state index is 0.101. The number of carbonyl (C=O) groups excluding carboxylic acids is 1. The number of halogens is 1. The summed E-state index contributed by atoms with van der Waals surface area (Å²) >= 11 is 7.42. The summed E-state index contributed by atoms with van der Waals surface area (Å²) in [5, 5.41) is 12.8. The van der Waals surface area contributed by atoms with Crippen LogP contribution in [0.15, 0.2) is 46.3 Å². The molecule has 1 aliphatic rings. The van der Waals surface area contributed by atoms with Crippen molar-refractivity contribution in [2.75, 3.05) is 17.9 Å². The lowest BCUT2D eigenvalue weighted by Crippen LogP contribution is -2.23. The van der Waals surface area contributed by atoms with E-state index in [1.165, 1.54) is 11.8 Å². The van der Waals surface area contributed by atoms with Crippen molar-refractivity contribution in [3.05, 3.63) is 51.8 Å². The third-order valence-corrected chi connectivity index (χ3v) is 6.13. The highest BCUT2D eigenvalue weighted by Crippen LogP contribution is 2.34. The van der Waals surface area contributed by atoms with Gasteiger partial charge in [0.1, 0.15) is 0 Å². The standard InChI is InChI=1S/C21H18ClN5O4S/c1-2-7-26-19(29)14-5-3-12(22)8-15(14)27-20(26)24-25-21(27)32-10-18(28)23-13-4-6-16-17(9-13)31-11-30-16/h3-6,8-9H,2,7,10-11H2,1H3,(H,23,28). The zero-order chi connectivity index (χ0) is 22.2. The molecular formula is C21H18ClN5O4S. The predicted octanol–water partition coefficient (Wildman–Crippen LogP) is 3.57. The number of aromatic nitrogens is 4. The molecule has 1 N–H and O–H groups in total. The van der Waals surface area contributed by atoms with Crippen LogP contribution in [0.4, 0.5) is 5.69 Å². The first kappa shape index (κ1) is 20.7. The number of thioether (sulfide) groups is 1. The second kappa shape index (κ2) is 8.36. The molecule has 4 aromatic rings. The quantitative estimate of drug-likeness (QED) is 0.429. The van der Waals surface area contributed by atoms with E-state index in [0.29, 0.717) is 50.6 Å². The van der Waals surface area contributed by atoms with Gasteiger partial charge in [-0.15, -0.1) is 10.2 Å². The van der Waals surface area contributed by atoms with Crippen LogP contribution in [-0.2, 0) is 11.3 Å². The van der Waals surface area contributed by atoms with Crippen molar-refractivity contribution in [1.29, 1.82) is 0 Å². The maximum Gasteiger partial charge on any atom is 0.262 e. The number of hydrogen-bond donors (Lipinski definition) is 1. The topological polar surface area (TPSA) is 99.8 Å². The Morgan fingerprint density at radius 3 is 2.88 bits per heavy atom. The number of anilines is 1. The minimum Gasteiger partial charge on any atom is -0.454 e. The van der Waals surface area contributed by atoms with Gasteiger partial charge in [-0.1, -0.05) is 30.3 Å². The number of ether oxygens (including phenoxy) is 2. The van der Waals surface area contributed by atoms with Gasteiger partial charge in [-0.25, -0.2) is 0 Å². The number of carbonyl (C=O) groups is 1. The van der Waals surface area contributed by atoms with Crippen LogP contribution in [0.1, 0.15) is 13.3 Å². The zero-order valence-corrected chi connectivity index (χ0v) is 18.6. The highest BCUT2D eigenvalue weighted by atomic mass is 35.5. The summed E-state index contributed by atoms with van der Waals surface area (Å²) in [7, 11) is 0. The van der Waals surface area contributed by atoms with E-state index in [4.69, 9.17) is 21.1 Å². The van der Waals surface area contributed by atoms with Gasteiger partial charge in [0.25, 0.3) is 5.56 Å². The molecule has 2 aromatic heterocycles.